The lowest BCUT2D eigenvalue weighted by Gasteiger charge is -2.17. The Labute approximate surface area is 122 Å². The molecule has 0 aliphatic heterocycles. The minimum atomic E-state index is -3.89. The smallest absolute Gasteiger partial charge is 0.245 e. The van der Waals surface area contributed by atoms with Gasteiger partial charge in [-0.3, -0.25) is 4.68 Å². The lowest BCUT2D eigenvalue weighted by molar-refractivity contribution is 0.408. The second-order valence-electron chi connectivity index (χ2n) is 4.39. The van der Waals surface area contributed by atoms with Gasteiger partial charge in [-0.25, -0.2) is 12.8 Å². The van der Waals surface area contributed by atoms with Gasteiger partial charge in [-0.05, 0) is 18.2 Å². The molecule has 0 atom stereocenters. The maximum Gasteiger partial charge on any atom is 0.245 e. The molecule has 1 aromatic carbocycles. The Morgan fingerprint density at radius 2 is 2.19 bits per heavy atom. The van der Waals surface area contributed by atoms with E-state index in [9.17, 15) is 12.8 Å². The molecule has 0 unspecified atom stereocenters. The highest BCUT2D eigenvalue weighted by molar-refractivity contribution is 7.89. The van der Waals surface area contributed by atoms with Gasteiger partial charge in [0.2, 0.25) is 10.0 Å². The van der Waals surface area contributed by atoms with Crippen LogP contribution in [0.15, 0.2) is 41.6 Å². The molecule has 114 valence electrons. The number of nitrogens with zero attached hydrogens (tertiary/aromatic N) is 3. The zero-order valence-electron chi connectivity index (χ0n) is 11.7. The molecule has 1 heterocycles. The van der Waals surface area contributed by atoms with Gasteiger partial charge in [0.05, 0.1) is 13.7 Å². The van der Waals surface area contributed by atoms with Gasteiger partial charge in [0.15, 0.2) is 0 Å². The van der Waals surface area contributed by atoms with Crippen LogP contribution in [0.4, 0.5) is 4.39 Å². The van der Waals surface area contributed by atoms with Gasteiger partial charge in [-0.2, -0.15) is 9.40 Å². The largest absolute Gasteiger partial charge is 0.497 e. The maximum atomic E-state index is 13.9. The first-order valence-corrected chi connectivity index (χ1v) is 7.66. The molecule has 2 rings (SSSR count). The van der Waals surface area contributed by atoms with Gasteiger partial charge in [-0.1, -0.05) is 0 Å². The molecule has 2 aromatic rings. The van der Waals surface area contributed by atoms with E-state index >= 15 is 0 Å². The Balaban J connectivity index is 2.16. The summed E-state index contributed by atoms with van der Waals surface area (Å²) in [4.78, 5) is -0.369. The maximum absolute atomic E-state index is 13.9. The number of hydrogen-bond acceptors (Lipinski definition) is 4. The fourth-order valence-electron chi connectivity index (χ4n) is 1.78. The van der Waals surface area contributed by atoms with E-state index in [2.05, 4.69) is 5.10 Å². The molecule has 0 aliphatic carbocycles. The highest BCUT2D eigenvalue weighted by Crippen LogP contribution is 2.22. The summed E-state index contributed by atoms with van der Waals surface area (Å²) < 4.78 is 46.1. The predicted molar refractivity (Wildman–Crippen MR) is 75.0 cm³/mol. The van der Waals surface area contributed by atoms with Gasteiger partial charge in [-0.15, -0.1) is 0 Å². The van der Waals surface area contributed by atoms with Crippen LogP contribution in [0.5, 0.6) is 5.75 Å². The summed E-state index contributed by atoms with van der Waals surface area (Å²) in [6.07, 6.45) is 3.34. The van der Waals surface area contributed by atoms with Crippen molar-refractivity contribution >= 4 is 10.0 Å². The number of methoxy groups -OCH3 is 1. The fraction of sp³-hybridized carbons (Fsp3) is 0.308. The van der Waals surface area contributed by atoms with Crippen molar-refractivity contribution in [2.45, 2.75) is 11.4 Å². The molecule has 0 fully saturated rings. The number of sulfonamides is 1. The van der Waals surface area contributed by atoms with Crippen LogP contribution in [0.3, 0.4) is 0 Å². The normalized spacial score (nSPS) is 11.8. The number of rotatable bonds is 6. The molecule has 0 saturated heterocycles. The zero-order valence-corrected chi connectivity index (χ0v) is 12.5. The molecule has 0 N–H and O–H groups in total. The van der Waals surface area contributed by atoms with Crippen LogP contribution in [0, 0.1) is 5.82 Å². The average Bonchev–Trinajstić information content (AvgIpc) is 2.97. The number of benzene rings is 1. The molecule has 0 saturated carbocycles. The molecular formula is C13H16FN3O3S. The first kappa shape index (κ1) is 15.5. The lowest BCUT2D eigenvalue weighted by atomic mass is 10.3. The summed E-state index contributed by atoms with van der Waals surface area (Å²) in [6, 6.07) is 5.41. The summed E-state index contributed by atoms with van der Waals surface area (Å²) >= 11 is 0. The quantitative estimate of drug-likeness (QED) is 0.807. The fourth-order valence-corrected chi connectivity index (χ4v) is 2.98. The van der Waals surface area contributed by atoms with E-state index in [0.29, 0.717) is 6.54 Å². The molecule has 0 amide bonds. The van der Waals surface area contributed by atoms with Crippen molar-refractivity contribution in [3.05, 3.63) is 42.5 Å². The van der Waals surface area contributed by atoms with Crippen molar-refractivity contribution < 1.29 is 17.5 Å². The van der Waals surface area contributed by atoms with Crippen molar-refractivity contribution in [1.82, 2.24) is 14.1 Å². The molecule has 0 spiro atoms. The second kappa shape index (κ2) is 6.23. The minimum Gasteiger partial charge on any atom is -0.497 e. The lowest BCUT2D eigenvalue weighted by Crippen LogP contribution is -2.31. The van der Waals surface area contributed by atoms with Gasteiger partial charge in [0.25, 0.3) is 0 Å². The molecule has 0 radical (unpaired) electrons. The van der Waals surface area contributed by atoms with Crippen LogP contribution in [0.2, 0.25) is 0 Å². The summed E-state index contributed by atoms with van der Waals surface area (Å²) in [6.45, 7) is 0.579. The third-order valence-corrected chi connectivity index (χ3v) is 4.92. The SMILES string of the molecule is COc1ccc(S(=O)(=O)N(C)CCn2cccn2)c(F)c1. The molecule has 1 aromatic heterocycles. The van der Waals surface area contributed by atoms with Crippen molar-refractivity contribution in [2.24, 2.45) is 0 Å². The number of ether oxygens (including phenoxy) is 1. The Morgan fingerprint density at radius 3 is 2.76 bits per heavy atom. The Kier molecular flexibility index (Phi) is 4.59. The molecule has 21 heavy (non-hydrogen) atoms. The minimum absolute atomic E-state index is 0.190. The molecule has 0 bridgehead atoms. The monoisotopic (exact) mass is 313 g/mol. The van der Waals surface area contributed by atoms with E-state index in [1.54, 1.807) is 23.1 Å². The Bertz CT molecular complexity index is 701. The Hall–Kier alpha value is -1.93. The number of aromatic nitrogens is 2. The molecule has 6 nitrogen and oxygen atoms in total. The van der Waals surface area contributed by atoms with E-state index < -0.39 is 15.8 Å². The van der Waals surface area contributed by atoms with Crippen LogP contribution >= 0.6 is 0 Å². The highest BCUT2D eigenvalue weighted by atomic mass is 32.2. The first-order chi connectivity index (χ1) is 9.95. The standard InChI is InChI=1S/C13H16FN3O3S/c1-16(8-9-17-7-3-6-15-17)21(18,19)13-5-4-11(20-2)10-12(13)14/h3-7,10H,8-9H2,1-2H3. The van der Waals surface area contributed by atoms with Crippen molar-refractivity contribution in [3.63, 3.8) is 0 Å². The van der Waals surface area contributed by atoms with Crippen LogP contribution in [0.25, 0.3) is 0 Å². The van der Waals surface area contributed by atoms with Crippen molar-refractivity contribution in [3.8, 4) is 5.75 Å². The van der Waals surface area contributed by atoms with Gasteiger partial charge in [0, 0.05) is 32.1 Å². The average molecular weight is 313 g/mol. The first-order valence-electron chi connectivity index (χ1n) is 6.22. The Morgan fingerprint density at radius 1 is 1.43 bits per heavy atom. The topological polar surface area (TPSA) is 64.4 Å². The molecule has 8 heteroatoms. The van der Waals surface area contributed by atoms with Crippen molar-refractivity contribution in [1.29, 1.82) is 0 Å². The molecule has 0 aliphatic rings. The van der Waals surface area contributed by atoms with Crippen LogP contribution in [-0.4, -0.2) is 43.2 Å². The van der Waals surface area contributed by atoms with E-state index in [0.717, 1.165) is 10.4 Å². The van der Waals surface area contributed by atoms with E-state index in [1.807, 2.05) is 0 Å². The highest BCUT2D eigenvalue weighted by Gasteiger charge is 2.24. The van der Waals surface area contributed by atoms with Crippen LogP contribution < -0.4 is 4.74 Å². The summed E-state index contributed by atoms with van der Waals surface area (Å²) in [7, 11) is -1.09. The summed E-state index contributed by atoms with van der Waals surface area (Å²) in [5.41, 5.74) is 0. The van der Waals surface area contributed by atoms with Crippen LogP contribution in [-0.2, 0) is 16.6 Å². The number of hydrogen-bond donors (Lipinski definition) is 0. The number of halogens is 1. The van der Waals surface area contributed by atoms with Crippen molar-refractivity contribution in [2.75, 3.05) is 20.7 Å². The predicted octanol–water partition coefficient (Wildman–Crippen LogP) is 1.35. The molecular weight excluding hydrogens is 297 g/mol. The van der Waals surface area contributed by atoms with Gasteiger partial charge >= 0.3 is 0 Å². The van der Waals surface area contributed by atoms with Crippen LogP contribution in [0.1, 0.15) is 0 Å². The van der Waals surface area contributed by atoms with E-state index in [1.165, 1.54) is 26.3 Å². The summed E-state index contributed by atoms with van der Waals surface area (Å²) in [5, 5.41) is 3.99. The number of likely N-dealkylation sites (N-methyl/N-ethyl adjacent to an activating group) is 1. The van der Waals surface area contributed by atoms with E-state index in [-0.39, 0.29) is 17.2 Å². The van der Waals surface area contributed by atoms with Gasteiger partial charge < -0.3 is 4.74 Å². The zero-order chi connectivity index (χ0) is 15.5. The third-order valence-electron chi connectivity index (χ3n) is 3.03. The van der Waals surface area contributed by atoms with Gasteiger partial charge in [0.1, 0.15) is 16.5 Å². The van der Waals surface area contributed by atoms with E-state index in [4.69, 9.17) is 4.74 Å². The second-order valence-corrected chi connectivity index (χ2v) is 6.41. The third kappa shape index (κ3) is 3.40. The summed E-state index contributed by atoms with van der Waals surface area (Å²) in [5.74, 6) is -0.564.